The summed E-state index contributed by atoms with van der Waals surface area (Å²) in [5.41, 5.74) is 5.39. The van der Waals surface area contributed by atoms with Crippen LogP contribution in [0.15, 0.2) is 66.7 Å². The first-order valence-corrected chi connectivity index (χ1v) is 13.6. The minimum absolute atomic E-state index is 0.0454. The van der Waals surface area contributed by atoms with Crippen LogP contribution in [0, 0.1) is 13.8 Å². The van der Waals surface area contributed by atoms with Crippen LogP contribution in [0.3, 0.4) is 0 Å². The number of para-hydroxylation sites is 2. The molecule has 0 fully saturated rings. The molecule has 200 valence electrons. The van der Waals surface area contributed by atoms with Gasteiger partial charge in [-0.2, -0.15) is 0 Å². The van der Waals surface area contributed by atoms with E-state index in [0.717, 1.165) is 67.9 Å². The Morgan fingerprint density at radius 1 is 0.895 bits per heavy atom. The number of nitrogens with zero attached hydrogens (tertiary/aromatic N) is 2. The van der Waals surface area contributed by atoms with Crippen molar-refractivity contribution >= 4 is 16.9 Å². The minimum atomic E-state index is -0.0454. The second-order valence-electron chi connectivity index (χ2n) is 9.72. The molecule has 4 rings (SSSR count). The number of imidazole rings is 1. The first-order chi connectivity index (χ1) is 18.6. The zero-order valence-electron chi connectivity index (χ0n) is 22.8. The van der Waals surface area contributed by atoms with E-state index in [1.165, 1.54) is 16.6 Å². The Labute approximate surface area is 226 Å². The van der Waals surface area contributed by atoms with Crippen molar-refractivity contribution in [2.75, 3.05) is 20.3 Å². The molecule has 1 aromatic heterocycles. The van der Waals surface area contributed by atoms with Crippen molar-refractivity contribution < 1.29 is 14.3 Å². The maximum atomic E-state index is 12.3. The van der Waals surface area contributed by atoms with Crippen molar-refractivity contribution in [2.24, 2.45) is 0 Å². The fraction of sp³-hybridized carbons (Fsp3) is 0.375. The molecule has 1 heterocycles. The highest BCUT2D eigenvalue weighted by molar-refractivity contribution is 5.94. The van der Waals surface area contributed by atoms with Crippen molar-refractivity contribution in [3.8, 4) is 11.5 Å². The fourth-order valence-electron chi connectivity index (χ4n) is 4.63. The van der Waals surface area contributed by atoms with Gasteiger partial charge in [-0.25, -0.2) is 4.98 Å². The number of carbonyl (C=O) groups excluding carboxylic acids is 1. The summed E-state index contributed by atoms with van der Waals surface area (Å²) >= 11 is 0. The molecule has 0 aliphatic rings. The van der Waals surface area contributed by atoms with Crippen LogP contribution in [0.1, 0.15) is 59.4 Å². The molecule has 0 unspecified atom stereocenters. The Morgan fingerprint density at radius 2 is 1.71 bits per heavy atom. The van der Waals surface area contributed by atoms with Crippen LogP contribution in [0.2, 0.25) is 0 Å². The normalized spacial score (nSPS) is 11.0. The van der Waals surface area contributed by atoms with E-state index in [9.17, 15) is 4.79 Å². The number of rotatable bonds is 14. The first kappa shape index (κ1) is 27.2. The quantitative estimate of drug-likeness (QED) is 0.191. The van der Waals surface area contributed by atoms with Crippen LogP contribution >= 0.6 is 0 Å². The molecule has 0 saturated carbocycles. The number of aromatic nitrogens is 2. The number of hydrogen-bond donors (Lipinski definition) is 1. The number of ether oxygens (including phenoxy) is 2. The molecule has 0 spiro atoms. The van der Waals surface area contributed by atoms with Gasteiger partial charge in [-0.3, -0.25) is 4.79 Å². The molecule has 1 N–H and O–H groups in total. The lowest BCUT2D eigenvalue weighted by molar-refractivity contribution is 0.0953. The molecule has 3 aromatic carbocycles. The smallest absolute Gasteiger partial charge is 0.251 e. The average molecular weight is 514 g/mol. The van der Waals surface area contributed by atoms with Crippen molar-refractivity contribution in [1.29, 1.82) is 0 Å². The van der Waals surface area contributed by atoms with Crippen LogP contribution in [0.25, 0.3) is 11.0 Å². The Kier molecular flexibility index (Phi) is 9.79. The fourth-order valence-corrected chi connectivity index (χ4v) is 4.63. The van der Waals surface area contributed by atoms with E-state index in [-0.39, 0.29) is 5.91 Å². The van der Waals surface area contributed by atoms with E-state index < -0.39 is 0 Å². The number of benzene rings is 3. The standard InChI is InChI=1S/C32H39N3O3/c1-24-12-11-15-30(25(24)2)38-23-10-9-22-35-29-14-7-6-13-28(29)34-31(35)16-5-4-8-21-33-32(36)26-17-19-27(37-3)20-18-26/h6-7,11-15,17-20H,4-5,8-10,16,21-23H2,1-3H3,(H,33,36). The number of hydrogen-bond acceptors (Lipinski definition) is 4. The molecule has 0 aliphatic heterocycles. The van der Waals surface area contributed by atoms with Crippen molar-refractivity contribution in [2.45, 2.75) is 58.9 Å². The molecular weight excluding hydrogens is 474 g/mol. The van der Waals surface area contributed by atoms with Gasteiger partial charge in [0.1, 0.15) is 17.3 Å². The third-order valence-electron chi connectivity index (χ3n) is 7.04. The number of unbranched alkanes of at least 4 members (excludes halogenated alkanes) is 3. The highest BCUT2D eigenvalue weighted by Gasteiger charge is 2.11. The summed E-state index contributed by atoms with van der Waals surface area (Å²) in [6.45, 7) is 6.55. The van der Waals surface area contributed by atoms with Crippen LogP contribution in [-0.4, -0.2) is 35.7 Å². The summed E-state index contributed by atoms with van der Waals surface area (Å²) in [5, 5.41) is 3.01. The second-order valence-corrected chi connectivity index (χ2v) is 9.72. The molecule has 4 aromatic rings. The monoisotopic (exact) mass is 513 g/mol. The van der Waals surface area contributed by atoms with E-state index >= 15 is 0 Å². The van der Waals surface area contributed by atoms with E-state index in [4.69, 9.17) is 14.5 Å². The van der Waals surface area contributed by atoms with Gasteiger partial charge in [0.05, 0.1) is 24.8 Å². The van der Waals surface area contributed by atoms with Gasteiger partial charge >= 0.3 is 0 Å². The molecule has 0 bridgehead atoms. The topological polar surface area (TPSA) is 65.4 Å². The van der Waals surface area contributed by atoms with Crippen LogP contribution in [-0.2, 0) is 13.0 Å². The SMILES string of the molecule is COc1ccc(C(=O)NCCCCCc2nc3ccccc3n2CCCCOc2cccc(C)c2C)cc1. The summed E-state index contributed by atoms with van der Waals surface area (Å²) in [4.78, 5) is 17.3. The number of carbonyl (C=O) groups is 1. The minimum Gasteiger partial charge on any atom is -0.497 e. The van der Waals surface area contributed by atoms with Gasteiger partial charge < -0.3 is 19.4 Å². The van der Waals surface area contributed by atoms with Gasteiger partial charge in [-0.15, -0.1) is 0 Å². The second kappa shape index (κ2) is 13.7. The summed E-state index contributed by atoms with van der Waals surface area (Å²) in [6.07, 6.45) is 5.98. The van der Waals surface area contributed by atoms with Crippen molar-refractivity contribution in [3.63, 3.8) is 0 Å². The Bertz CT molecular complexity index is 1330. The summed E-state index contributed by atoms with van der Waals surface area (Å²) in [5.74, 6) is 2.83. The largest absolute Gasteiger partial charge is 0.497 e. The van der Waals surface area contributed by atoms with Gasteiger partial charge in [-0.05, 0) is 93.1 Å². The van der Waals surface area contributed by atoms with Crippen molar-refractivity contribution in [1.82, 2.24) is 14.9 Å². The highest BCUT2D eigenvalue weighted by atomic mass is 16.5. The predicted octanol–water partition coefficient (Wildman–Crippen LogP) is 6.66. The van der Waals surface area contributed by atoms with Gasteiger partial charge in [0, 0.05) is 25.1 Å². The number of nitrogens with one attached hydrogen (secondary N) is 1. The zero-order valence-corrected chi connectivity index (χ0v) is 22.8. The Hall–Kier alpha value is -3.80. The summed E-state index contributed by atoms with van der Waals surface area (Å²) in [6, 6.07) is 21.8. The van der Waals surface area contributed by atoms with E-state index in [1.54, 1.807) is 31.4 Å². The highest BCUT2D eigenvalue weighted by Crippen LogP contribution is 2.22. The van der Waals surface area contributed by atoms with E-state index in [2.05, 4.69) is 54.1 Å². The molecule has 0 aliphatic carbocycles. The third-order valence-corrected chi connectivity index (χ3v) is 7.04. The molecule has 38 heavy (non-hydrogen) atoms. The van der Waals surface area contributed by atoms with Gasteiger partial charge in [0.2, 0.25) is 0 Å². The van der Waals surface area contributed by atoms with E-state index in [1.807, 2.05) is 12.1 Å². The Morgan fingerprint density at radius 3 is 2.53 bits per heavy atom. The van der Waals surface area contributed by atoms with Crippen molar-refractivity contribution in [3.05, 3.63) is 89.2 Å². The molecule has 6 nitrogen and oxygen atoms in total. The zero-order chi connectivity index (χ0) is 26.7. The third kappa shape index (κ3) is 7.15. The lowest BCUT2D eigenvalue weighted by Gasteiger charge is -2.12. The van der Waals surface area contributed by atoms with Gasteiger partial charge in [-0.1, -0.05) is 30.7 Å². The molecule has 6 heteroatoms. The van der Waals surface area contributed by atoms with E-state index in [0.29, 0.717) is 18.7 Å². The maximum Gasteiger partial charge on any atom is 0.251 e. The number of fused-ring (bicyclic) bond motifs is 1. The maximum absolute atomic E-state index is 12.3. The molecule has 0 saturated heterocycles. The number of aryl methyl sites for hydroxylation is 3. The van der Waals surface area contributed by atoms with Crippen LogP contribution in [0.4, 0.5) is 0 Å². The number of methoxy groups -OCH3 is 1. The molecule has 1 amide bonds. The summed E-state index contributed by atoms with van der Waals surface area (Å²) < 4.78 is 13.6. The predicted molar refractivity (Wildman–Crippen MR) is 153 cm³/mol. The van der Waals surface area contributed by atoms with Crippen LogP contribution in [0.5, 0.6) is 11.5 Å². The number of amides is 1. The molecule has 0 atom stereocenters. The lowest BCUT2D eigenvalue weighted by Crippen LogP contribution is -2.24. The summed E-state index contributed by atoms with van der Waals surface area (Å²) in [7, 11) is 1.62. The molecular formula is C32H39N3O3. The van der Waals surface area contributed by atoms with Crippen LogP contribution < -0.4 is 14.8 Å². The first-order valence-electron chi connectivity index (χ1n) is 13.6. The van der Waals surface area contributed by atoms with Gasteiger partial charge in [0.15, 0.2) is 0 Å². The average Bonchev–Trinajstić information content (AvgIpc) is 3.29. The Balaban J connectivity index is 1.22. The van der Waals surface area contributed by atoms with Gasteiger partial charge in [0.25, 0.3) is 5.91 Å². The lowest BCUT2D eigenvalue weighted by atomic mass is 10.1. The molecule has 0 radical (unpaired) electrons.